The van der Waals surface area contributed by atoms with Gasteiger partial charge in [0.2, 0.25) is 5.91 Å². The molecule has 0 aliphatic heterocycles. The van der Waals surface area contributed by atoms with Crippen molar-refractivity contribution in [2.75, 3.05) is 6.61 Å². The minimum Gasteiger partial charge on any atom is -0.395 e. The summed E-state index contributed by atoms with van der Waals surface area (Å²) in [5.74, 6) is -1.90. The Balaban J connectivity index is 1.84. The van der Waals surface area contributed by atoms with Crippen LogP contribution in [0.4, 0.5) is 8.78 Å². The van der Waals surface area contributed by atoms with Crippen molar-refractivity contribution in [2.45, 2.75) is 64.3 Å². The van der Waals surface area contributed by atoms with Gasteiger partial charge in [-0.2, -0.15) is 0 Å². The van der Waals surface area contributed by atoms with Crippen LogP contribution in [0.2, 0.25) is 0 Å². The smallest absolute Gasteiger partial charge is 0.217 e. The summed E-state index contributed by atoms with van der Waals surface area (Å²) in [6.45, 7) is 7.52. The zero-order chi connectivity index (χ0) is 26.5. The van der Waals surface area contributed by atoms with Crippen molar-refractivity contribution in [3.05, 3.63) is 83.4 Å². The summed E-state index contributed by atoms with van der Waals surface area (Å²) in [7, 11) is 0. The highest BCUT2D eigenvalue weighted by atomic mass is 19.1. The molecular weight excluding hydrogens is 466 g/mol. The van der Waals surface area contributed by atoms with Crippen molar-refractivity contribution in [1.29, 1.82) is 0 Å². The van der Waals surface area contributed by atoms with Crippen LogP contribution in [0.3, 0.4) is 0 Å². The van der Waals surface area contributed by atoms with E-state index in [2.05, 4.69) is 48.5 Å². The second-order valence-electron chi connectivity index (χ2n) is 10.0. The minimum atomic E-state index is -1.24. The monoisotopic (exact) mass is 500 g/mol. The van der Waals surface area contributed by atoms with E-state index in [4.69, 9.17) is 0 Å². The van der Waals surface area contributed by atoms with Gasteiger partial charge in [-0.15, -0.1) is 0 Å². The highest BCUT2D eigenvalue weighted by Crippen LogP contribution is 2.26. The summed E-state index contributed by atoms with van der Waals surface area (Å²) in [5, 5.41) is 27.0. The largest absolute Gasteiger partial charge is 0.395 e. The van der Waals surface area contributed by atoms with Crippen LogP contribution in [-0.2, 0) is 23.2 Å². The normalized spacial score (nSPS) is 14.3. The van der Waals surface area contributed by atoms with Gasteiger partial charge in [-0.25, -0.2) is 13.8 Å². The van der Waals surface area contributed by atoms with Gasteiger partial charge in [0.25, 0.3) is 0 Å². The quantitative estimate of drug-likeness (QED) is 0.343. The predicted octanol–water partition coefficient (Wildman–Crippen LogP) is 3.01. The topological polar surface area (TPSA) is 99.4 Å². The van der Waals surface area contributed by atoms with Gasteiger partial charge < -0.3 is 25.4 Å². The number of rotatable bonds is 10. The summed E-state index contributed by atoms with van der Waals surface area (Å²) in [6, 6.07) is 7.49. The number of hydrogen-bond donors (Lipinski definition) is 4. The van der Waals surface area contributed by atoms with E-state index in [0.717, 1.165) is 35.0 Å². The maximum Gasteiger partial charge on any atom is 0.217 e. The number of aliphatic hydroxyl groups excluding tert-OH is 2. The van der Waals surface area contributed by atoms with Crippen molar-refractivity contribution in [3.8, 4) is 5.69 Å². The summed E-state index contributed by atoms with van der Waals surface area (Å²) in [4.78, 5) is 15.9. The van der Waals surface area contributed by atoms with Gasteiger partial charge in [0.05, 0.1) is 36.8 Å². The molecule has 194 valence electrons. The highest BCUT2D eigenvalue weighted by molar-refractivity contribution is 5.73. The minimum absolute atomic E-state index is 0.0204. The number of amides is 1. The molecule has 1 amide bonds. The Morgan fingerprint density at radius 2 is 1.81 bits per heavy atom. The molecule has 9 heteroatoms. The lowest BCUT2D eigenvalue weighted by Gasteiger charge is -2.31. The zero-order valence-electron chi connectivity index (χ0n) is 21.0. The molecule has 0 bridgehead atoms. The van der Waals surface area contributed by atoms with Gasteiger partial charge in [-0.3, -0.25) is 4.79 Å². The first kappa shape index (κ1) is 27.4. The van der Waals surface area contributed by atoms with Crippen molar-refractivity contribution >= 4 is 5.91 Å². The number of nitrogens with one attached hydrogen (secondary N) is 2. The number of carbonyl (C=O) groups excluding carboxylic acids is 1. The van der Waals surface area contributed by atoms with E-state index in [9.17, 15) is 23.8 Å². The lowest BCUT2D eigenvalue weighted by atomic mass is 9.85. The van der Waals surface area contributed by atoms with E-state index < -0.39 is 42.3 Å². The van der Waals surface area contributed by atoms with Crippen LogP contribution in [0.25, 0.3) is 5.69 Å². The molecule has 3 rings (SSSR count). The number of nitrogens with zero attached hydrogens (tertiary/aromatic N) is 2. The number of halogens is 2. The van der Waals surface area contributed by atoms with E-state index in [1.807, 2.05) is 16.8 Å². The number of benzene rings is 2. The fourth-order valence-corrected chi connectivity index (χ4v) is 4.16. The molecule has 1 heterocycles. The van der Waals surface area contributed by atoms with Crippen LogP contribution in [-0.4, -0.2) is 50.5 Å². The fourth-order valence-electron chi connectivity index (χ4n) is 4.16. The third-order valence-electron chi connectivity index (χ3n) is 6.07. The number of hydrogen-bond acceptors (Lipinski definition) is 5. The molecule has 1 aromatic heterocycles. The highest BCUT2D eigenvalue weighted by Gasteiger charge is 2.29. The summed E-state index contributed by atoms with van der Waals surface area (Å²) < 4.78 is 29.3. The Bertz CT molecular complexity index is 1140. The molecule has 0 aliphatic carbocycles. The Morgan fingerprint density at radius 1 is 1.11 bits per heavy atom. The average molecular weight is 501 g/mol. The third-order valence-corrected chi connectivity index (χ3v) is 6.07. The molecule has 0 radical (unpaired) electrons. The van der Waals surface area contributed by atoms with Gasteiger partial charge in [-0.05, 0) is 46.7 Å². The Kier molecular flexibility index (Phi) is 8.94. The van der Waals surface area contributed by atoms with E-state index in [1.165, 1.54) is 6.92 Å². The van der Waals surface area contributed by atoms with Crippen molar-refractivity contribution < 1.29 is 23.8 Å². The summed E-state index contributed by atoms with van der Waals surface area (Å²) >= 11 is 0. The van der Waals surface area contributed by atoms with E-state index in [1.54, 1.807) is 12.5 Å². The first-order valence-corrected chi connectivity index (χ1v) is 11.8. The van der Waals surface area contributed by atoms with Gasteiger partial charge in [0, 0.05) is 31.9 Å². The Labute approximate surface area is 210 Å². The van der Waals surface area contributed by atoms with E-state index in [-0.39, 0.29) is 17.4 Å². The second-order valence-corrected chi connectivity index (χ2v) is 10.0. The number of aliphatic hydroxyl groups is 2. The molecule has 3 unspecified atom stereocenters. The van der Waals surface area contributed by atoms with Crippen molar-refractivity contribution in [1.82, 2.24) is 20.2 Å². The zero-order valence-corrected chi connectivity index (χ0v) is 21.0. The molecule has 2 aromatic carbocycles. The molecule has 0 spiro atoms. The molecule has 7 nitrogen and oxygen atoms in total. The lowest BCUT2D eigenvalue weighted by Crippen LogP contribution is -2.54. The van der Waals surface area contributed by atoms with Crippen molar-refractivity contribution in [2.24, 2.45) is 0 Å². The van der Waals surface area contributed by atoms with Crippen LogP contribution in [0.5, 0.6) is 0 Å². The molecule has 0 aliphatic rings. The van der Waals surface area contributed by atoms with Gasteiger partial charge in [-0.1, -0.05) is 32.9 Å². The summed E-state index contributed by atoms with van der Waals surface area (Å²) in [5.41, 5.74) is 3.13. The number of carbonyl (C=O) groups is 1. The van der Waals surface area contributed by atoms with Crippen LogP contribution < -0.4 is 10.6 Å². The second kappa shape index (κ2) is 11.7. The van der Waals surface area contributed by atoms with Crippen LogP contribution in [0.15, 0.2) is 55.1 Å². The van der Waals surface area contributed by atoms with Crippen LogP contribution >= 0.6 is 0 Å². The first-order valence-electron chi connectivity index (χ1n) is 11.8. The third kappa shape index (κ3) is 7.19. The van der Waals surface area contributed by atoms with E-state index >= 15 is 0 Å². The van der Waals surface area contributed by atoms with Gasteiger partial charge in [0.1, 0.15) is 11.6 Å². The van der Waals surface area contributed by atoms with Crippen molar-refractivity contribution in [3.63, 3.8) is 0 Å². The molecule has 36 heavy (non-hydrogen) atoms. The molecule has 3 aromatic rings. The fraction of sp³-hybridized carbons (Fsp3) is 0.407. The average Bonchev–Trinajstić information content (AvgIpc) is 3.32. The molecule has 0 saturated heterocycles. The van der Waals surface area contributed by atoms with Gasteiger partial charge in [0.15, 0.2) is 0 Å². The number of imidazole rings is 1. The van der Waals surface area contributed by atoms with Gasteiger partial charge >= 0.3 is 0 Å². The summed E-state index contributed by atoms with van der Waals surface area (Å²) in [6.07, 6.45) is 3.95. The number of aromatic nitrogens is 2. The standard InChI is InChI=1S/C27H34F2N4O3/c1-17(35)32-23(11-18-9-21(28)13-22(29)10-18)26(36)24(15-34)31-14-19-12-20(27(2,3)4)5-6-25(19)33-8-7-30-16-33/h5-10,12-13,16,23-24,26,31,34,36H,11,14-15H2,1-4H3,(H,32,35). The maximum atomic E-state index is 13.7. The Morgan fingerprint density at radius 3 is 2.36 bits per heavy atom. The molecular formula is C27H34F2N4O3. The molecule has 0 saturated carbocycles. The molecule has 0 fully saturated rings. The Hall–Kier alpha value is -3.14. The maximum absolute atomic E-state index is 13.7. The first-order chi connectivity index (χ1) is 17.0. The SMILES string of the molecule is CC(=O)NC(Cc1cc(F)cc(F)c1)C(O)C(CO)NCc1cc(C(C)(C)C)ccc1-n1ccnc1. The lowest BCUT2D eigenvalue weighted by molar-refractivity contribution is -0.120. The molecule has 3 atom stereocenters. The van der Waals surface area contributed by atoms with Crippen LogP contribution in [0, 0.1) is 11.6 Å². The predicted molar refractivity (Wildman–Crippen MR) is 134 cm³/mol. The van der Waals surface area contributed by atoms with Crippen LogP contribution in [0.1, 0.15) is 44.4 Å². The molecule has 4 N–H and O–H groups in total. The van der Waals surface area contributed by atoms with E-state index in [0.29, 0.717) is 6.54 Å².